The molecule has 4 heteroatoms. The summed E-state index contributed by atoms with van der Waals surface area (Å²) in [7, 11) is 0. The smallest absolute Gasteiger partial charge is 0.165 e. The van der Waals surface area contributed by atoms with Crippen LogP contribution in [0.4, 0.5) is 0 Å². The van der Waals surface area contributed by atoms with E-state index < -0.39 is 0 Å². The van der Waals surface area contributed by atoms with Crippen LogP contribution in [0.25, 0.3) is 0 Å². The monoisotopic (exact) mass is 311 g/mol. The summed E-state index contributed by atoms with van der Waals surface area (Å²) in [5.74, 6) is 2.44. The van der Waals surface area contributed by atoms with Gasteiger partial charge in [0.05, 0.1) is 0 Å². The van der Waals surface area contributed by atoms with E-state index in [1.807, 2.05) is 0 Å². The van der Waals surface area contributed by atoms with E-state index in [1.54, 1.807) is 0 Å². The number of nitrogens with one attached hydrogen (secondary N) is 1. The third-order valence-electron chi connectivity index (χ3n) is 3.80. The first kappa shape index (κ1) is 12.3. The molecule has 1 N–H and O–H groups in total. The summed E-state index contributed by atoms with van der Waals surface area (Å²) in [5.41, 5.74) is 2.54. The van der Waals surface area contributed by atoms with Crippen molar-refractivity contribution >= 4 is 15.9 Å². The van der Waals surface area contributed by atoms with E-state index in [4.69, 9.17) is 9.47 Å². The largest absolute Gasteiger partial charge is 0.486 e. The number of halogens is 1. The highest BCUT2D eigenvalue weighted by Crippen LogP contribution is 2.43. The van der Waals surface area contributed by atoms with Crippen LogP contribution >= 0.6 is 15.9 Å². The number of rotatable bonds is 1. The van der Waals surface area contributed by atoms with E-state index in [1.165, 1.54) is 28.4 Å². The Balaban J connectivity index is 2.01. The Kier molecular flexibility index (Phi) is 3.48. The SMILES string of the molecule is Cc1c(Br)c(C2CCNCC2)cc2c1OCCO2. The molecule has 3 rings (SSSR count). The first-order chi connectivity index (χ1) is 8.77. The second kappa shape index (κ2) is 5.10. The lowest BCUT2D eigenvalue weighted by atomic mass is 9.89. The minimum absolute atomic E-state index is 0.621. The van der Waals surface area contributed by atoms with Gasteiger partial charge in [-0.05, 0) is 50.4 Å². The molecule has 1 aromatic rings. The van der Waals surface area contributed by atoms with Gasteiger partial charge in [-0.15, -0.1) is 0 Å². The van der Waals surface area contributed by atoms with Crippen LogP contribution < -0.4 is 14.8 Å². The van der Waals surface area contributed by atoms with Crippen LogP contribution in [0.15, 0.2) is 10.5 Å². The number of ether oxygens (including phenoxy) is 2. The van der Waals surface area contributed by atoms with Gasteiger partial charge in [0.15, 0.2) is 11.5 Å². The molecule has 0 aromatic heterocycles. The molecule has 0 unspecified atom stereocenters. The highest BCUT2D eigenvalue weighted by molar-refractivity contribution is 9.10. The van der Waals surface area contributed by atoms with Gasteiger partial charge in [0.2, 0.25) is 0 Å². The van der Waals surface area contributed by atoms with Crippen LogP contribution in [0, 0.1) is 6.92 Å². The highest BCUT2D eigenvalue weighted by Gasteiger charge is 2.24. The molecular formula is C14H18BrNO2. The van der Waals surface area contributed by atoms with Crippen molar-refractivity contribution in [1.82, 2.24) is 5.32 Å². The summed E-state index contributed by atoms with van der Waals surface area (Å²) < 4.78 is 12.6. The normalized spacial score (nSPS) is 19.9. The Morgan fingerprint density at radius 3 is 2.72 bits per heavy atom. The zero-order chi connectivity index (χ0) is 12.5. The van der Waals surface area contributed by atoms with E-state index in [-0.39, 0.29) is 0 Å². The fraction of sp³-hybridized carbons (Fsp3) is 0.571. The van der Waals surface area contributed by atoms with Gasteiger partial charge in [0.25, 0.3) is 0 Å². The van der Waals surface area contributed by atoms with E-state index in [2.05, 4.69) is 34.2 Å². The van der Waals surface area contributed by atoms with Crippen LogP contribution in [0.2, 0.25) is 0 Å². The quantitative estimate of drug-likeness (QED) is 0.865. The lowest BCUT2D eigenvalue weighted by Gasteiger charge is -2.28. The standard InChI is InChI=1S/C14H18BrNO2/c1-9-13(15)11(10-2-4-16-5-3-10)8-12-14(9)18-7-6-17-12/h8,10,16H,2-7H2,1H3. The summed E-state index contributed by atoms with van der Waals surface area (Å²) in [6.07, 6.45) is 2.38. The molecule has 0 atom stereocenters. The Morgan fingerprint density at radius 2 is 1.94 bits per heavy atom. The lowest BCUT2D eigenvalue weighted by molar-refractivity contribution is 0.170. The topological polar surface area (TPSA) is 30.5 Å². The maximum Gasteiger partial charge on any atom is 0.165 e. The number of benzene rings is 1. The first-order valence-corrected chi connectivity index (χ1v) is 7.36. The second-order valence-corrected chi connectivity index (χ2v) is 5.75. The summed E-state index contributed by atoms with van der Waals surface area (Å²) in [5, 5.41) is 3.41. The molecule has 2 aliphatic rings. The molecule has 1 saturated heterocycles. The lowest BCUT2D eigenvalue weighted by Crippen LogP contribution is -2.27. The molecule has 1 fully saturated rings. The van der Waals surface area contributed by atoms with Crippen molar-refractivity contribution in [3.63, 3.8) is 0 Å². The van der Waals surface area contributed by atoms with Crippen LogP contribution in [0.5, 0.6) is 11.5 Å². The fourth-order valence-corrected chi connectivity index (χ4v) is 3.40. The van der Waals surface area contributed by atoms with Crippen molar-refractivity contribution in [3.05, 3.63) is 21.7 Å². The predicted molar refractivity (Wildman–Crippen MR) is 74.7 cm³/mol. The second-order valence-electron chi connectivity index (χ2n) is 4.95. The predicted octanol–water partition coefficient (Wildman–Crippen LogP) is 3.00. The van der Waals surface area contributed by atoms with Crippen LogP contribution in [-0.2, 0) is 0 Å². The number of fused-ring (bicyclic) bond motifs is 1. The average Bonchev–Trinajstić information content (AvgIpc) is 2.44. The fourth-order valence-electron chi connectivity index (χ4n) is 2.78. The molecule has 0 amide bonds. The Bertz CT molecular complexity index is 456. The summed E-state index contributed by atoms with van der Waals surface area (Å²) >= 11 is 3.74. The van der Waals surface area contributed by atoms with E-state index >= 15 is 0 Å². The van der Waals surface area contributed by atoms with Gasteiger partial charge in [0.1, 0.15) is 13.2 Å². The zero-order valence-corrected chi connectivity index (χ0v) is 12.2. The van der Waals surface area contributed by atoms with Crippen molar-refractivity contribution in [2.24, 2.45) is 0 Å². The van der Waals surface area contributed by atoms with Gasteiger partial charge in [-0.1, -0.05) is 15.9 Å². The minimum atomic E-state index is 0.621. The van der Waals surface area contributed by atoms with Gasteiger partial charge >= 0.3 is 0 Å². The van der Waals surface area contributed by atoms with Gasteiger partial charge < -0.3 is 14.8 Å². The van der Waals surface area contributed by atoms with Gasteiger partial charge in [0, 0.05) is 10.0 Å². The van der Waals surface area contributed by atoms with E-state index in [0.717, 1.165) is 24.6 Å². The van der Waals surface area contributed by atoms with E-state index in [9.17, 15) is 0 Å². The average molecular weight is 312 g/mol. The minimum Gasteiger partial charge on any atom is -0.486 e. The molecule has 0 spiro atoms. The van der Waals surface area contributed by atoms with Crippen LogP contribution in [0.1, 0.15) is 29.9 Å². The zero-order valence-electron chi connectivity index (χ0n) is 10.6. The van der Waals surface area contributed by atoms with Crippen molar-refractivity contribution < 1.29 is 9.47 Å². The van der Waals surface area contributed by atoms with Crippen LogP contribution in [-0.4, -0.2) is 26.3 Å². The maximum atomic E-state index is 5.73. The van der Waals surface area contributed by atoms with Gasteiger partial charge in [-0.2, -0.15) is 0 Å². The maximum absolute atomic E-state index is 5.73. The molecule has 98 valence electrons. The number of hydrogen-bond acceptors (Lipinski definition) is 3. The van der Waals surface area contributed by atoms with Crippen molar-refractivity contribution in [3.8, 4) is 11.5 Å². The van der Waals surface area contributed by atoms with Gasteiger partial charge in [-0.25, -0.2) is 0 Å². The highest BCUT2D eigenvalue weighted by atomic mass is 79.9. The molecule has 1 aromatic carbocycles. The molecule has 2 aliphatic heterocycles. The summed E-state index contributed by atoms with van der Waals surface area (Å²) in [4.78, 5) is 0. The van der Waals surface area contributed by atoms with Crippen LogP contribution in [0.3, 0.4) is 0 Å². The molecule has 18 heavy (non-hydrogen) atoms. The van der Waals surface area contributed by atoms with Crippen molar-refractivity contribution in [1.29, 1.82) is 0 Å². The molecule has 2 heterocycles. The van der Waals surface area contributed by atoms with Gasteiger partial charge in [-0.3, -0.25) is 0 Å². The van der Waals surface area contributed by atoms with E-state index in [0.29, 0.717) is 19.1 Å². The third kappa shape index (κ3) is 2.12. The molecule has 3 nitrogen and oxygen atoms in total. The van der Waals surface area contributed by atoms with Crippen molar-refractivity contribution in [2.45, 2.75) is 25.7 Å². The molecule has 0 radical (unpaired) electrons. The Hall–Kier alpha value is -0.740. The number of hydrogen-bond donors (Lipinski definition) is 1. The third-order valence-corrected chi connectivity index (χ3v) is 4.85. The molecule has 0 aliphatic carbocycles. The first-order valence-electron chi connectivity index (χ1n) is 6.56. The molecular weight excluding hydrogens is 294 g/mol. The summed E-state index contributed by atoms with van der Waals surface area (Å²) in [6.45, 7) is 5.60. The van der Waals surface area contributed by atoms with Crippen molar-refractivity contribution in [2.75, 3.05) is 26.3 Å². The Morgan fingerprint density at radius 1 is 1.22 bits per heavy atom. The summed E-state index contributed by atoms with van der Waals surface area (Å²) in [6, 6.07) is 2.17. The number of piperidine rings is 1. The molecule has 0 saturated carbocycles. The molecule has 0 bridgehead atoms. The Labute approximate surface area is 116 Å².